The van der Waals surface area contributed by atoms with E-state index >= 15 is 0 Å². The second-order valence-electron chi connectivity index (χ2n) is 5.10. The van der Waals surface area contributed by atoms with Gasteiger partial charge in [0, 0.05) is 17.7 Å². The van der Waals surface area contributed by atoms with Crippen molar-refractivity contribution in [2.45, 2.75) is 6.92 Å². The molecule has 2 aromatic carbocycles. The number of aryl methyl sites for hydroxylation is 1. The van der Waals surface area contributed by atoms with E-state index in [-0.39, 0.29) is 5.75 Å². The monoisotopic (exact) mass is 362 g/mol. The van der Waals surface area contributed by atoms with Crippen LogP contribution in [0.4, 0.5) is 0 Å². The zero-order valence-electron chi connectivity index (χ0n) is 13.2. The third-order valence-corrected chi connectivity index (χ3v) is 3.25. The molecule has 7 heteroatoms. The minimum absolute atomic E-state index is 0.266. The second kappa shape index (κ2) is 8.06. The zero-order chi connectivity index (χ0) is 18.4. The van der Waals surface area contributed by atoms with Crippen LogP contribution in [0.5, 0.6) is 5.75 Å². The van der Waals surface area contributed by atoms with Gasteiger partial charge in [0.15, 0.2) is 0 Å². The van der Waals surface area contributed by atoms with Crippen LogP contribution in [0.1, 0.15) is 16.9 Å². The van der Waals surface area contributed by atoms with Gasteiger partial charge in [0.25, 0.3) is 0 Å². The topological polar surface area (TPSA) is 124 Å². The number of aromatic hydroxyl groups is 1. The molecule has 1 aromatic heterocycles. The Balaban J connectivity index is 0.000000399. The van der Waals surface area contributed by atoms with Crippen molar-refractivity contribution in [3.05, 3.63) is 71.5 Å². The van der Waals surface area contributed by atoms with Gasteiger partial charge >= 0.3 is 11.3 Å². The molecule has 1 N–H and O–H groups in total. The number of rotatable bonds is 2. The van der Waals surface area contributed by atoms with Crippen molar-refractivity contribution in [3.8, 4) is 5.75 Å². The van der Waals surface area contributed by atoms with Gasteiger partial charge in [-0.2, -0.15) is 0 Å². The van der Waals surface area contributed by atoms with Crippen LogP contribution >= 0.6 is 0 Å². The van der Waals surface area contributed by atoms with E-state index in [0.717, 1.165) is 27.9 Å². The molecular weight excluding hydrogens is 348 g/mol. The van der Waals surface area contributed by atoms with E-state index in [1.54, 1.807) is 12.1 Å². The predicted molar refractivity (Wildman–Crippen MR) is 82.4 cm³/mol. The van der Waals surface area contributed by atoms with Crippen molar-refractivity contribution in [3.63, 3.8) is 0 Å². The number of phenolic OH excluding ortho intramolecular Hbond substituents is 1. The molecule has 0 fully saturated rings. The summed E-state index contributed by atoms with van der Waals surface area (Å²) in [4.78, 5) is 0. The van der Waals surface area contributed by atoms with Gasteiger partial charge in [-0.05, 0) is 31.2 Å². The summed E-state index contributed by atoms with van der Waals surface area (Å²) >= 11 is 0. The molecule has 0 spiro atoms. The first-order valence-corrected chi connectivity index (χ1v) is 8.38. The van der Waals surface area contributed by atoms with Gasteiger partial charge in [-0.15, -0.1) is 10.2 Å². The zero-order valence-corrected chi connectivity index (χ0v) is 14.0. The summed E-state index contributed by atoms with van der Waals surface area (Å²) in [5, 5.41) is 10.8. The summed E-state index contributed by atoms with van der Waals surface area (Å²) in [5.41, 5.74) is 2.70. The summed E-state index contributed by atoms with van der Waals surface area (Å²) in [5.74, 6) is 1.06. The molecule has 1 heterocycles. The Bertz CT molecular complexity index is 880. The van der Waals surface area contributed by atoms with Crippen molar-refractivity contribution in [2.75, 3.05) is 0 Å². The maximum Gasteiger partial charge on any atom is 0.360 e. The minimum atomic E-state index is -4.94. The van der Waals surface area contributed by atoms with Crippen molar-refractivity contribution >= 4 is 23.1 Å². The molecule has 0 atom stereocenters. The van der Waals surface area contributed by atoms with E-state index in [1.807, 2.05) is 55.5 Å². The average molecular weight is 363 g/mol. The summed E-state index contributed by atoms with van der Waals surface area (Å²) < 4.78 is 39.9. The Labute approximate surface area is 146 Å². The van der Waals surface area contributed by atoms with Crippen molar-refractivity contribution in [2.24, 2.45) is 0 Å². The normalized spacial score (nSPS) is 11.4. The van der Waals surface area contributed by atoms with Crippen LogP contribution in [0.25, 0.3) is 23.1 Å². The summed E-state index contributed by atoms with van der Waals surface area (Å²) in [6.45, 7) is 2.01. The molecular formula is C18H15ClO6. The van der Waals surface area contributed by atoms with Crippen LogP contribution in [-0.4, -0.2) is 5.11 Å². The lowest BCUT2D eigenvalue weighted by Gasteiger charge is -2.17. The van der Waals surface area contributed by atoms with E-state index < -0.39 is 10.2 Å². The quantitative estimate of drug-likeness (QED) is 0.647. The van der Waals surface area contributed by atoms with Crippen molar-refractivity contribution in [1.82, 2.24) is 0 Å². The number of fused-ring (bicyclic) bond motifs is 1. The lowest BCUT2D eigenvalue weighted by molar-refractivity contribution is -2.00. The molecule has 0 bridgehead atoms. The lowest BCUT2D eigenvalue weighted by atomic mass is 10.1. The third-order valence-electron chi connectivity index (χ3n) is 3.25. The first-order chi connectivity index (χ1) is 11.7. The predicted octanol–water partition coefficient (Wildman–Crippen LogP) is 0.142. The van der Waals surface area contributed by atoms with Crippen LogP contribution in [0.15, 0.2) is 59.0 Å². The molecule has 0 saturated carbocycles. The molecule has 0 amide bonds. The van der Waals surface area contributed by atoms with Gasteiger partial charge in [-0.3, -0.25) is 0 Å². The lowest BCUT2D eigenvalue weighted by Crippen LogP contribution is -2.68. The van der Waals surface area contributed by atoms with Crippen LogP contribution in [-0.2, 0) is 0 Å². The molecule has 25 heavy (non-hydrogen) atoms. The van der Waals surface area contributed by atoms with E-state index in [2.05, 4.69) is 6.07 Å². The molecule has 0 unspecified atom stereocenters. The van der Waals surface area contributed by atoms with Gasteiger partial charge in [-0.25, -0.2) is 23.1 Å². The molecule has 0 aliphatic heterocycles. The van der Waals surface area contributed by atoms with Gasteiger partial charge in [0.2, 0.25) is 0 Å². The summed E-state index contributed by atoms with van der Waals surface area (Å²) in [6.07, 6.45) is 3.74. The smallest absolute Gasteiger partial charge is 0.360 e. The highest BCUT2D eigenvalue weighted by atomic mass is 35.7. The molecule has 0 aliphatic carbocycles. The molecule has 3 aromatic rings. The standard InChI is InChI=1S/C18H14O2.ClHO4/c1-13-12-15-7-3-5-9-18(15)20-17(13)11-10-14-6-2-4-8-16(14)19;2-1(3,4)5/h2-12H,1H3;(H,2,3,4,5)/b11-10+;. The number of hydrogen-bond donors (Lipinski definition) is 1. The number of hydrogen-bond acceptors (Lipinski definition) is 5. The molecule has 6 nitrogen and oxygen atoms in total. The van der Waals surface area contributed by atoms with Crippen LogP contribution in [0.3, 0.4) is 0 Å². The number of para-hydroxylation sites is 2. The number of benzene rings is 2. The van der Waals surface area contributed by atoms with Crippen molar-refractivity contribution < 1.29 is 38.4 Å². The maximum atomic E-state index is 9.75. The fraction of sp³-hybridized carbons (Fsp3) is 0.0556. The average Bonchev–Trinajstić information content (AvgIpc) is 2.52. The van der Waals surface area contributed by atoms with Gasteiger partial charge in [-0.1, -0.05) is 30.3 Å². The Morgan fingerprint density at radius 1 is 0.920 bits per heavy atom. The van der Waals surface area contributed by atoms with E-state index in [0.29, 0.717) is 0 Å². The maximum absolute atomic E-state index is 9.75. The fourth-order valence-electron chi connectivity index (χ4n) is 2.16. The largest absolute Gasteiger partial charge is 0.507 e. The first-order valence-electron chi connectivity index (χ1n) is 7.14. The molecule has 3 rings (SSSR count). The fourth-order valence-corrected chi connectivity index (χ4v) is 2.16. The number of halogens is 1. The third kappa shape index (κ3) is 6.15. The highest BCUT2D eigenvalue weighted by Gasteiger charge is 2.13. The first kappa shape index (κ1) is 18.9. The van der Waals surface area contributed by atoms with Gasteiger partial charge in [0.05, 0.1) is 10.9 Å². The van der Waals surface area contributed by atoms with E-state index in [1.165, 1.54) is 0 Å². The number of phenols is 1. The highest BCUT2D eigenvalue weighted by Crippen LogP contribution is 2.23. The van der Waals surface area contributed by atoms with E-state index in [9.17, 15) is 5.11 Å². The van der Waals surface area contributed by atoms with Crippen LogP contribution in [0.2, 0.25) is 0 Å². The Hall–Kier alpha value is -2.48. The SMILES string of the molecule is Cc1cc2ccccc2[o+]c1/C=C/c1ccccc1O.[O-][Cl+3]([O-])([O-])[O-]. The van der Waals surface area contributed by atoms with Crippen molar-refractivity contribution in [1.29, 1.82) is 0 Å². The van der Waals surface area contributed by atoms with Crippen LogP contribution < -0.4 is 18.6 Å². The van der Waals surface area contributed by atoms with Gasteiger partial charge in [0.1, 0.15) is 5.75 Å². The summed E-state index contributed by atoms with van der Waals surface area (Å²) in [7, 11) is -4.94. The molecule has 130 valence electrons. The molecule has 0 radical (unpaired) electrons. The second-order valence-corrected chi connectivity index (χ2v) is 5.86. The van der Waals surface area contributed by atoms with Crippen LogP contribution in [0, 0.1) is 17.2 Å². The Kier molecular flexibility index (Phi) is 6.08. The molecule has 0 aliphatic rings. The van der Waals surface area contributed by atoms with E-state index in [4.69, 9.17) is 23.1 Å². The highest BCUT2D eigenvalue weighted by molar-refractivity contribution is 5.80. The summed E-state index contributed by atoms with van der Waals surface area (Å²) in [6, 6.07) is 17.3. The Morgan fingerprint density at radius 3 is 2.20 bits per heavy atom. The minimum Gasteiger partial charge on any atom is -0.507 e. The Morgan fingerprint density at radius 2 is 1.52 bits per heavy atom. The van der Waals surface area contributed by atoms with Gasteiger partial charge < -0.3 is 5.11 Å². The molecule has 0 saturated heterocycles.